The van der Waals surface area contributed by atoms with E-state index in [9.17, 15) is 0 Å². The number of fused-ring (bicyclic) bond motifs is 2. The van der Waals surface area contributed by atoms with E-state index in [1.807, 2.05) is 78.9 Å². The van der Waals surface area contributed by atoms with E-state index >= 15 is 0 Å². The lowest BCUT2D eigenvalue weighted by atomic mass is 10.2. The molecule has 0 atom stereocenters. The van der Waals surface area contributed by atoms with Crippen molar-refractivity contribution in [3.8, 4) is 0 Å². The van der Waals surface area contributed by atoms with E-state index < -0.39 is 0 Å². The SMILES string of the molecule is c1ccc(Nc2nc(Nc3n[nH]c4ccccc34)c3ccccc3n2)cc1. The number of nitrogens with zero attached hydrogens (tertiary/aromatic N) is 3. The monoisotopic (exact) mass is 352 g/mol. The average Bonchev–Trinajstić information content (AvgIpc) is 3.12. The number of aromatic nitrogens is 4. The Morgan fingerprint density at radius 1 is 0.630 bits per heavy atom. The topological polar surface area (TPSA) is 78.5 Å². The number of para-hydroxylation sites is 3. The zero-order valence-electron chi connectivity index (χ0n) is 14.3. The maximum atomic E-state index is 4.69. The summed E-state index contributed by atoms with van der Waals surface area (Å²) < 4.78 is 0. The predicted octanol–water partition coefficient (Wildman–Crippen LogP) is 4.99. The van der Waals surface area contributed by atoms with Crippen molar-refractivity contribution in [2.45, 2.75) is 0 Å². The lowest BCUT2D eigenvalue weighted by Crippen LogP contribution is -2.02. The fourth-order valence-electron chi connectivity index (χ4n) is 3.05. The van der Waals surface area contributed by atoms with Crippen LogP contribution in [-0.4, -0.2) is 20.2 Å². The van der Waals surface area contributed by atoms with E-state index in [4.69, 9.17) is 4.98 Å². The molecule has 2 heterocycles. The minimum Gasteiger partial charge on any atom is -0.324 e. The maximum absolute atomic E-state index is 4.69. The summed E-state index contributed by atoms with van der Waals surface area (Å²) >= 11 is 0. The molecule has 0 saturated carbocycles. The van der Waals surface area contributed by atoms with E-state index in [0.29, 0.717) is 11.8 Å². The van der Waals surface area contributed by atoms with Crippen molar-refractivity contribution in [2.75, 3.05) is 10.6 Å². The Morgan fingerprint density at radius 3 is 2.26 bits per heavy atom. The predicted molar refractivity (Wildman–Crippen MR) is 109 cm³/mol. The average molecular weight is 352 g/mol. The number of hydrogen-bond acceptors (Lipinski definition) is 5. The van der Waals surface area contributed by atoms with Crippen molar-refractivity contribution < 1.29 is 0 Å². The van der Waals surface area contributed by atoms with Gasteiger partial charge in [-0.3, -0.25) is 5.10 Å². The normalized spacial score (nSPS) is 11.0. The molecule has 0 radical (unpaired) electrons. The molecule has 0 saturated heterocycles. The highest BCUT2D eigenvalue weighted by molar-refractivity contribution is 5.96. The number of rotatable bonds is 4. The fourth-order valence-corrected chi connectivity index (χ4v) is 3.05. The van der Waals surface area contributed by atoms with Crippen molar-refractivity contribution in [1.82, 2.24) is 20.2 Å². The lowest BCUT2D eigenvalue weighted by Gasteiger charge is -2.11. The van der Waals surface area contributed by atoms with Gasteiger partial charge in [-0.25, -0.2) is 4.98 Å². The first-order valence-electron chi connectivity index (χ1n) is 8.66. The third-order valence-electron chi connectivity index (χ3n) is 4.34. The molecule has 3 aromatic carbocycles. The number of hydrogen-bond donors (Lipinski definition) is 3. The smallest absolute Gasteiger partial charge is 0.229 e. The summed E-state index contributed by atoms with van der Waals surface area (Å²) in [6.07, 6.45) is 0. The summed E-state index contributed by atoms with van der Waals surface area (Å²) in [5, 5.41) is 16.0. The lowest BCUT2D eigenvalue weighted by molar-refractivity contribution is 1.11. The van der Waals surface area contributed by atoms with E-state index in [1.54, 1.807) is 0 Å². The van der Waals surface area contributed by atoms with Crippen LogP contribution in [0, 0.1) is 0 Å². The Bertz CT molecular complexity index is 1230. The molecule has 0 amide bonds. The van der Waals surface area contributed by atoms with Gasteiger partial charge in [-0.1, -0.05) is 42.5 Å². The fraction of sp³-hybridized carbons (Fsp3) is 0. The highest BCUT2D eigenvalue weighted by atomic mass is 15.2. The van der Waals surface area contributed by atoms with Crippen LogP contribution in [0.4, 0.5) is 23.3 Å². The molecule has 0 aliphatic heterocycles. The highest BCUT2D eigenvalue weighted by Crippen LogP contribution is 2.28. The van der Waals surface area contributed by atoms with Gasteiger partial charge in [-0.2, -0.15) is 10.1 Å². The van der Waals surface area contributed by atoms with Crippen LogP contribution >= 0.6 is 0 Å². The van der Waals surface area contributed by atoms with Crippen LogP contribution in [0.2, 0.25) is 0 Å². The van der Waals surface area contributed by atoms with Gasteiger partial charge in [-0.15, -0.1) is 0 Å². The van der Waals surface area contributed by atoms with Crippen LogP contribution in [-0.2, 0) is 0 Å². The number of H-pyrrole nitrogens is 1. The first-order valence-corrected chi connectivity index (χ1v) is 8.66. The Hall–Kier alpha value is -3.93. The molecule has 0 fully saturated rings. The largest absolute Gasteiger partial charge is 0.324 e. The van der Waals surface area contributed by atoms with Crippen LogP contribution in [0.15, 0.2) is 78.9 Å². The van der Waals surface area contributed by atoms with Crippen LogP contribution < -0.4 is 10.6 Å². The van der Waals surface area contributed by atoms with Gasteiger partial charge in [0, 0.05) is 16.5 Å². The molecule has 3 N–H and O–H groups in total. The summed E-state index contributed by atoms with van der Waals surface area (Å²) in [4.78, 5) is 9.32. The molecule has 2 aromatic heterocycles. The van der Waals surface area contributed by atoms with E-state index in [0.717, 1.165) is 33.3 Å². The second-order valence-electron chi connectivity index (χ2n) is 6.15. The Morgan fingerprint density at radius 2 is 1.37 bits per heavy atom. The molecular formula is C21H16N6. The van der Waals surface area contributed by atoms with Crippen LogP contribution in [0.1, 0.15) is 0 Å². The van der Waals surface area contributed by atoms with Gasteiger partial charge < -0.3 is 10.6 Å². The van der Waals surface area contributed by atoms with Crippen LogP contribution in [0.5, 0.6) is 0 Å². The molecule has 0 aliphatic carbocycles. The van der Waals surface area contributed by atoms with Crippen LogP contribution in [0.3, 0.4) is 0 Å². The second kappa shape index (κ2) is 6.42. The van der Waals surface area contributed by atoms with Gasteiger partial charge in [-0.05, 0) is 36.4 Å². The maximum Gasteiger partial charge on any atom is 0.229 e. The van der Waals surface area contributed by atoms with Gasteiger partial charge in [0.05, 0.1) is 11.0 Å². The van der Waals surface area contributed by atoms with Crippen molar-refractivity contribution in [1.29, 1.82) is 0 Å². The first kappa shape index (κ1) is 15.3. The number of aromatic amines is 1. The molecule has 5 rings (SSSR count). The molecular weight excluding hydrogens is 336 g/mol. The Kier molecular flexibility index (Phi) is 3.65. The second-order valence-corrected chi connectivity index (χ2v) is 6.15. The van der Waals surface area contributed by atoms with E-state index in [1.165, 1.54) is 0 Å². The summed E-state index contributed by atoms with van der Waals surface area (Å²) in [5.41, 5.74) is 2.76. The third-order valence-corrected chi connectivity index (χ3v) is 4.34. The van der Waals surface area contributed by atoms with E-state index in [2.05, 4.69) is 25.8 Å². The molecule has 6 heteroatoms. The summed E-state index contributed by atoms with van der Waals surface area (Å²) in [6, 6.07) is 25.8. The van der Waals surface area contributed by atoms with Gasteiger partial charge >= 0.3 is 0 Å². The third kappa shape index (κ3) is 2.93. The molecule has 0 bridgehead atoms. The van der Waals surface area contributed by atoms with Gasteiger partial charge in [0.2, 0.25) is 5.95 Å². The zero-order valence-corrected chi connectivity index (χ0v) is 14.3. The Balaban J connectivity index is 1.59. The minimum atomic E-state index is 0.530. The standard InChI is InChI=1S/C21H16N6/c1-2-8-14(9-3-1)22-21-23-17-12-6-4-10-15(17)19(25-21)24-20-16-11-5-7-13-18(16)26-27-20/h1-13H,(H3,22,23,24,25,26,27). The summed E-state index contributed by atoms with van der Waals surface area (Å²) in [7, 11) is 0. The number of benzene rings is 3. The molecule has 0 unspecified atom stereocenters. The van der Waals surface area contributed by atoms with Gasteiger partial charge in [0.1, 0.15) is 5.82 Å². The van der Waals surface area contributed by atoms with Gasteiger partial charge in [0.25, 0.3) is 0 Å². The first-order chi connectivity index (χ1) is 13.4. The van der Waals surface area contributed by atoms with Crippen molar-refractivity contribution in [3.63, 3.8) is 0 Å². The summed E-state index contributed by atoms with van der Waals surface area (Å²) in [6.45, 7) is 0. The number of nitrogens with one attached hydrogen (secondary N) is 3. The molecule has 0 spiro atoms. The van der Waals surface area contributed by atoms with Crippen LogP contribution in [0.25, 0.3) is 21.8 Å². The van der Waals surface area contributed by atoms with Crippen molar-refractivity contribution >= 4 is 45.1 Å². The molecule has 27 heavy (non-hydrogen) atoms. The van der Waals surface area contributed by atoms with Crippen molar-refractivity contribution in [2.24, 2.45) is 0 Å². The zero-order chi connectivity index (χ0) is 18.1. The molecule has 130 valence electrons. The minimum absolute atomic E-state index is 0.530. The number of anilines is 4. The molecule has 0 aliphatic rings. The Labute approximate surface area is 155 Å². The highest BCUT2D eigenvalue weighted by Gasteiger charge is 2.11. The quantitative estimate of drug-likeness (QED) is 0.424. The summed E-state index contributed by atoms with van der Waals surface area (Å²) in [5.74, 6) is 1.97. The van der Waals surface area contributed by atoms with E-state index in [-0.39, 0.29) is 0 Å². The van der Waals surface area contributed by atoms with Crippen molar-refractivity contribution in [3.05, 3.63) is 78.9 Å². The molecule has 6 nitrogen and oxygen atoms in total. The van der Waals surface area contributed by atoms with Gasteiger partial charge in [0.15, 0.2) is 5.82 Å². The molecule has 5 aromatic rings.